The number of carboxylic acids is 1. The van der Waals surface area contributed by atoms with Gasteiger partial charge in [0.2, 0.25) is 0 Å². The molecule has 0 aliphatic carbocycles. The summed E-state index contributed by atoms with van der Waals surface area (Å²) < 4.78 is 1.47. The average molecular weight is 289 g/mol. The number of rotatable bonds is 5. The van der Waals surface area contributed by atoms with Crippen molar-refractivity contribution in [1.29, 1.82) is 0 Å². The van der Waals surface area contributed by atoms with Crippen molar-refractivity contribution in [3.63, 3.8) is 0 Å². The summed E-state index contributed by atoms with van der Waals surface area (Å²) in [5.74, 6) is -1.29. The Bertz CT molecular complexity index is 634. The maximum atomic E-state index is 12.0. The molecule has 0 fully saturated rings. The minimum Gasteiger partial charge on any atom is -0.481 e. The SMILES string of the molecule is CC(C)(CNC(=O)c1ccc(-n2cnnn2)cc1)C(=O)O. The number of hydrogen-bond donors (Lipinski definition) is 2. The summed E-state index contributed by atoms with van der Waals surface area (Å²) in [6.07, 6.45) is 1.45. The Morgan fingerprint density at radius 1 is 1.29 bits per heavy atom. The molecule has 0 atom stereocenters. The van der Waals surface area contributed by atoms with Crippen LogP contribution in [0.3, 0.4) is 0 Å². The van der Waals surface area contributed by atoms with Crippen LogP contribution in [0.1, 0.15) is 24.2 Å². The predicted molar refractivity (Wildman–Crippen MR) is 72.9 cm³/mol. The first kappa shape index (κ1) is 14.6. The molecule has 0 saturated carbocycles. The number of carbonyl (C=O) groups is 2. The molecular weight excluding hydrogens is 274 g/mol. The molecule has 0 spiro atoms. The standard InChI is InChI=1S/C13H15N5O3/c1-13(2,12(20)21)7-14-11(19)9-3-5-10(6-4-9)18-8-15-16-17-18/h3-6,8H,7H2,1-2H3,(H,14,19)(H,20,21). The normalized spacial score (nSPS) is 11.1. The number of carboxylic acid groups (broad SMARTS) is 1. The number of nitrogens with zero attached hydrogens (tertiary/aromatic N) is 4. The van der Waals surface area contributed by atoms with Crippen LogP contribution in [0.15, 0.2) is 30.6 Å². The fraction of sp³-hybridized carbons (Fsp3) is 0.308. The molecule has 2 rings (SSSR count). The first-order chi connectivity index (χ1) is 9.90. The summed E-state index contributed by atoms with van der Waals surface area (Å²) >= 11 is 0. The molecule has 2 aromatic rings. The summed E-state index contributed by atoms with van der Waals surface area (Å²) in [5, 5.41) is 22.4. The van der Waals surface area contributed by atoms with Crippen LogP contribution in [-0.4, -0.2) is 43.7 Å². The molecule has 110 valence electrons. The van der Waals surface area contributed by atoms with E-state index in [1.165, 1.54) is 11.0 Å². The lowest BCUT2D eigenvalue weighted by molar-refractivity contribution is -0.146. The van der Waals surface area contributed by atoms with Gasteiger partial charge in [-0.25, -0.2) is 4.68 Å². The van der Waals surface area contributed by atoms with Crippen LogP contribution in [0, 0.1) is 5.41 Å². The van der Waals surface area contributed by atoms with E-state index in [9.17, 15) is 9.59 Å². The van der Waals surface area contributed by atoms with Gasteiger partial charge in [0.15, 0.2) is 0 Å². The van der Waals surface area contributed by atoms with Crippen molar-refractivity contribution in [2.75, 3.05) is 6.54 Å². The Kier molecular flexibility index (Phi) is 3.97. The molecule has 1 heterocycles. The Morgan fingerprint density at radius 2 is 1.95 bits per heavy atom. The highest BCUT2D eigenvalue weighted by atomic mass is 16.4. The van der Waals surface area contributed by atoms with Crippen LogP contribution in [-0.2, 0) is 4.79 Å². The third kappa shape index (κ3) is 3.41. The van der Waals surface area contributed by atoms with Crippen molar-refractivity contribution in [3.8, 4) is 5.69 Å². The van der Waals surface area contributed by atoms with Crippen molar-refractivity contribution in [3.05, 3.63) is 36.2 Å². The molecular formula is C13H15N5O3. The van der Waals surface area contributed by atoms with E-state index in [4.69, 9.17) is 5.11 Å². The summed E-state index contributed by atoms with van der Waals surface area (Å²) in [4.78, 5) is 22.9. The molecule has 0 radical (unpaired) electrons. The maximum absolute atomic E-state index is 12.0. The van der Waals surface area contributed by atoms with Crippen LogP contribution in [0.5, 0.6) is 0 Å². The van der Waals surface area contributed by atoms with Crippen molar-refractivity contribution in [2.45, 2.75) is 13.8 Å². The molecule has 1 amide bonds. The summed E-state index contributed by atoms with van der Waals surface area (Å²) in [5.41, 5.74) is 0.151. The summed E-state index contributed by atoms with van der Waals surface area (Å²) in [6.45, 7) is 3.16. The number of amides is 1. The second-order valence-electron chi connectivity index (χ2n) is 5.17. The fourth-order valence-electron chi connectivity index (χ4n) is 1.52. The lowest BCUT2D eigenvalue weighted by Gasteiger charge is -2.19. The van der Waals surface area contributed by atoms with E-state index in [-0.39, 0.29) is 12.5 Å². The van der Waals surface area contributed by atoms with Gasteiger partial charge in [-0.05, 0) is 48.5 Å². The number of hydrogen-bond acceptors (Lipinski definition) is 5. The smallest absolute Gasteiger partial charge is 0.310 e. The monoisotopic (exact) mass is 289 g/mol. The largest absolute Gasteiger partial charge is 0.481 e. The Labute approximate surface area is 120 Å². The van der Waals surface area contributed by atoms with E-state index >= 15 is 0 Å². The Balaban J connectivity index is 2.02. The lowest BCUT2D eigenvalue weighted by Crippen LogP contribution is -2.38. The number of nitrogens with one attached hydrogen (secondary N) is 1. The lowest BCUT2D eigenvalue weighted by atomic mass is 9.94. The highest BCUT2D eigenvalue weighted by Gasteiger charge is 2.27. The molecule has 21 heavy (non-hydrogen) atoms. The van der Waals surface area contributed by atoms with E-state index < -0.39 is 11.4 Å². The zero-order valence-corrected chi connectivity index (χ0v) is 11.6. The van der Waals surface area contributed by atoms with Gasteiger partial charge >= 0.3 is 5.97 Å². The molecule has 0 aliphatic rings. The van der Waals surface area contributed by atoms with E-state index in [1.54, 1.807) is 38.1 Å². The second kappa shape index (κ2) is 5.70. The highest BCUT2D eigenvalue weighted by molar-refractivity contribution is 5.94. The minimum absolute atomic E-state index is 0.0515. The molecule has 0 saturated heterocycles. The zero-order chi connectivity index (χ0) is 15.5. The Hall–Kier alpha value is -2.77. The predicted octanol–water partition coefficient (Wildman–Crippen LogP) is 0.503. The number of benzene rings is 1. The summed E-state index contributed by atoms with van der Waals surface area (Å²) in [6, 6.07) is 6.65. The van der Waals surface area contributed by atoms with E-state index in [2.05, 4.69) is 20.8 Å². The average Bonchev–Trinajstić information content (AvgIpc) is 2.99. The molecule has 1 aromatic heterocycles. The summed E-state index contributed by atoms with van der Waals surface area (Å²) in [7, 11) is 0. The van der Waals surface area contributed by atoms with Gasteiger partial charge in [0, 0.05) is 12.1 Å². The van der Waals surface area contributed by atoms with Crippen LogP contribution in [0.4, 0.5) is 0 Å². The van der Waals surface area contributed by atoms with Crippen molar-refractivity contribution in [2.24, 2.45) is 5.41 Å². The van der Waals surface area contributed by atoms with Crippen molar-refractivity contribution in [1.82, 2.24) is 25.5 Å². The van der Waals surface area contributed by atoms with Gasteiger partial charge in [0.1, 0.15) is 6.33 Å². The molecule has 8 nitrogen and oxygen atoms in total. The first-order valence-corrected chi connectivity index (χ1v) is 6.25. The first-order valence-electron chi connectivity index (χ1n) is 6.25. The van der Waals surface area contributed by atoms with Crippen molar-refractivity contribution < 1.29 is 14.7 Å². The fourth-order valence-corrected chi connectivity index (χ4v) is 1.52. The van der Waals surface area contributed by atoms with Crippen LogP contribution < -0.4 is 5.32 Å². The van der Waals surface area contributed by atoms with E-state index in [1.807, 2.05) is 0 Å². The highest BCUT2D eigenvalue weighted by Crippen LogP contribution is 2.14. The zero-order valence-electron chi connectivity index (χ0n) is 11.6. The van der Waals surface area contributed by atoms with Crippen molar-refractivity contribution >= 4 is 11.9 Å². The van der Waals surface area contributed by atoms with Gasteiger partial charge in [-0.2, -0.15) is 0 Å². The molecule has 1 aromatic carbocycles. The topological polar surface area (TPSA) is 110 Å². The van der Waals surface area contributed by atoms with Crippen LogP contribution in [0.2, 0.25) is 0 Å². The van der Waals surface area contributed by atoms with Gasteiger partial charge < -0.3 is 10.4 Å². The van der Waals surface area contributed by atoms with Gasteiger partial charge in [-0.1, -0.05) is 0 Å². The minimum atomic E-state index is -1.01. The molecule has 0 unspecified atom stereocenters. The number of carbonyl (C=O) groups excluding carboxylic acids is 1. The van der Waals surface area contributed by atoms with Gasteiger partial charge in [0.25, 0.3) is 5.91 Å². The van der Waals surface area contributed by atoms with Gasteiger partial charge in [-0.15, -0.1) is 5.10 Å². The molecule has 2 N–H and O–H groups in total. The van der Waals surface area contributed by atoms with E-state index in [0.29, 0.717) is 5.56 Å². The number of aromatic nitrogens is 4. The quantitative estimate of drug-likeness (QED) is 0.829. The Morgan fingerprint density at radius 3 is 2.48 bits per heavy atom. The maximum Gasteiger partial charge on any atom is 0.310 e. The third-order valence-corrected chi connectivity index (χ3v) is 3.01. The van der Waals surface area contributed by atoms with Crippen LogP contribution >= 0.6 is 0 Å². The number of aliphatic carboxylic acids is 1. The van der Waals surface area contributed by atoms with Gasteiger partial charge in [-0.3, -0.25) is 9.59 Å². The molecule has 0 bridgehead atoms. The van der Waals surface area contributed by atoms with Gasteiger partial charge in [0.05, 0.1) is 11.1 Å². The third-order valence-electron chi connectivity index (χ3n) is 3.01. The van der Waals surface area contributed by atoms with E-state index in [0.717, 1.165) is 5.69 Å². The second-order valence-corrected chi connectivity index (χ2v) is 5.17. The molecule has 0 aliphatic heterocycles. The molecule has 8 heteroatoms. The van der Waals surface area contributed by atoms with Crippen LogP contribution in [0.25, 0.3) is 5.69 Å². The number of tetrazole rings is 1.